The molecule has 1 saturated heterocycles. The van der Waals surface area contributed by atoms with Gasteiger partial charge < -0.3 is 9.84 Å². The van der Waals surface area contributed by atoms with E-state index >= 15 is 0 Å². The van der Waals surface area contributed by atoms with Crippen molar-refractivity contribution in [3.05, 3.63) is 101 Å². The SMILES string of the molecule is COc1cccc(C2/C(=C(\O)c3ccccc3)C(=O)C(=O)N2c2cccc(F)c2)c1. The van der Waals surface area contributed by atoms with Crippen molar-refractivity contribution in [2.24, 2.45) is 0 Å². The predicted molar refractivity (Wildman–Crippen MR) is 111 cm³/mol. The van der Waals surface area contributed by atoms with Gasteiger partial charge in [0.25, 0.3) is 11.7 Å². The molecule has 1 aliphatic rings. The Morgan fingerprint density at radius 2 is 1.70 bits per heavy atom. The second kappa shape index (κ2) is 7.83. The first-order valence-electron chi connectivity index (χ1n) is 9.27. The summed E-state index contributed by atoms with van der Waals surface area (Å²) in [6, 6.07) is 19.9. The van der Waals surface area contributed by atoms with Crippen LogP contribution in [0.25, 0.3) is 5.76 Å². The molecular formula is C24H18FNO4. The van der Waals surface area contributed by atoms with Crippen LogP contribution >= 0.6 is 0 Å². The molecule has 30 heavy (non-hydrogen) atoms. The van der Waals surface area contributed by atoms with Crippen LogP contribution in [0.5, 0.6) is 5.75 Å². The van der Waals surface area contributed by atoms with E-state index in [9.17, 15) is 19.1 Å². The summed E-state index contributed by atoms with van der Waals surface area (Å²) in [5.41, 5.74) is 1.11. The minimum absolute atomic E-state index is 0.0660. The van der Waals surface area contributed by atoms with Gasteiger partial charge in [0.05, 0.1) is 18.7 Å². The van der Waals surface area contributed by atoms with Crippen molar-refractivity contribution < 1.29 is 23.8 Å². The highest BCUT2D eigenvalue weighted by atomic mass is 19.1. The van der Waals surface area contributed by atoms with Crippen molar-refractivity contribution in [3.63, 3.8) is 0 Å². The molecule has 5 nitrogen and oxygen atoms in total. The number of ketones is 1. The van der Waals surface area contributed by atoms with Gasteiger partial charge in [0.2, 0.25) is 0 Å². The van der Waals surface area contributed by atoms with Crippen LogP contribution in [0, 0.1) is 5.82 Å². The Hall–Kier alpha value is -3.93. The lowest BCUT2D eigenvalue weighted by Crippen LogP contribution is -2.29. The van der Waals surface area contributed by atoms with Gasteiger partial charge in [0, 0.05) is 11.3 Å². The van der Waals surface area contributed by atoms with Crippen molar-refractivity contribution in [1.82, 2.24) is 0 Å². The molecule has 0 saturated carbocycles. The van der Waals surface area contributed by atoms with Crippen molar-refractivity contribution in [2.45, 2.75) is 6.04 Å². The van der Waals surface area contributed by atoms with Gasteiger partial charge in [0.15, 0.2) is 0 Å². The topological polar surface area (TPSA) is 66.8 Å². The number of aliphatic hydroxyl groups is 1. The lowest BCUT2D eigenvalue weighted by Gasteiger charge is -2.25. The fourth-order valence-electron chi connectivity index (χ4n) is 3.60. The molecule has 3 aromatic rings. The first kappa shape index (κ1) is 19.4. The van der Waals surface area contributed by atoms with Crippen LogP contribution in [-0.2, 0) is 9.59 Å². The van der Waals surface area contributed by atoms with Gasteiger partial charge in [-0.1, -0.05) is 48.5 Å². The van der Waals surface area contributed by atoms with Crippen LogP contribution in [0.3, 0.4) is 0 Å². The molecule has 1 unspecified atom stereocenters. The van der Waals surface area contributed by atoms with Gasteiger partial charge in [-0.2, -0.15) is 0 Å². The van der Waals surface area contributed by atoms with Crippen LogP contribution in [0.2, 0.25) is 0 Å². The van der Waals surface area contributed by atoms with Crippen molar-refractivity contribution in [3.8, 4) is 5.75 Å². The molecule has 6 heteroatoms. The third-order valence-corrected chi connectivity index (χ3v) is 4.99. The second-order valence-corrected chi connectivity index (χ2v) is 6.79. The van der Waals surface area contributed by atoms with Crippen LogP contribution in [-0.4, -0.2) is 23.9 Å². The van der Waals surface area contributed by atoms with E-state index in [1.54, 1.807) is 60.7 Å². The maximum absolute atomic E-state index is 13.9. The third-order valence-electron chi connectivity index (χ3n) is 4.99. The first-order valence-corrected chi connectivity index (χ1v) is 9.27. The Kier molecular flexibility index (Phi) is 5.06. The van der Waals surface area contributed by atoms with E-state index in [-0.39, 0.29) is 17.0 Å². The number of hydrogen-bond acceptors (Lipinski definition) is 4. The van der Waals surface area contributed by atoms with Crippen molar-refractivity contribution >= 4 is 23.1 Å². The number of methoxy groups -OCH3 is 1. The number of Topliss-reactive ketones (excluding diaryl/α,β-unsaturated/α-hetero) is 1. The van der Waals surface area contributed by atoms with E-state index in [4.69, 9.17) is 4.74 Å². The zero-order valence-corrected chi connectivity index (χ0v) is 16.1. The number of carbonyl (C=O) groups excluding carboxylic acids is 2. The minimum atomic E-state index is -0.942. The molecule has 0 radical (unpaired) electrons. The highest BCUT2D eigenvalue weighted by Crippen LogP contribution is 2.42. The zero-order valence-electron chi connectivity index (χ0n) is 16.1. The Balaban J connectivity index is 1.97. The van der Waals surface area contributed by atoms with Crippen LogP contribution in [0.1, 0.15) is 17.2 Å². The Bertz CT molecular complexity index is 1160. The second-order valence-electron chi connectivity index (χ2n) is 6.79. The van der Waals surface area contributed by atoms with Gasteiger partial charge in [-0.25, -0.2) is 4.39 Å². The molecule has 1 aliphatic heterocycles. The number of carbonyl (C=O) groups is 2. The van der Waals surface area contributed by atoms with Gasteiger partial charge in [-0.3, -0.25) is 14.5 Å². The molecule has 4 rings (SSSR count). The minimum Gasteiger partial charge on any atom is -0.507 e. The van der Waals surface area contributed by atoms with E-state index < -0.39 is 23.5 Å². The van der Waals surface area contributed by atoms with Crippen molar-refractivity contribution in [1.29, 1.82) is 0 Å². The maximum atomic E-state index is 13.9. The largest absolute Gasteiger partial charge is 0.507 e. The summed E-state index contributed by atoms with van der Waals surface area (Å²) in [5, 5.41) is 11.0. The number of aliphatic hydroxyl groups excluding tert-OH is 1. The maximum Gasteiger partial charge on any atom is 0.300 e. The number of nitrogens with zero attached hydrogens (tertiary/aromatic N) is 1. The van der Waals surface area contributed by atoms with Crippen LogP contribution in [0.4, 0.5) is 10.1 Å². The van der Waals surface area contributed by atoms with E-state index in [0.29, 0.717) is 16.9 Å². The summed E-state index contributed by atoms with van der Waals surface area (Å²) in [7, 11) is 1.51. The van der Waals surface area contributed by atoms with E-state index in [2.05, 4.69) is 0 Å². The lowest BCUT2D eigenvalue weighted by atomic mass is 9.95. The molecule has 0 bridgehead atoms. The van der Waals surface area contributed by atoms with E-state index in [1.165, 1.54) is 30.2 Å². The van der Waals surface area contributed by atoms with Gasteiger partial charge in [-0.05, 0) is 35.9 Å². The van der Waals surface area contributed by atoms with Crippen LogP contribution < -0.4 is 9.64 Å². The van der Waals surface area contributed by atoms with Gasteiger partial charge in [0.1, 0.15) is 17.3 Å². The van der Waals surface area contributed by atoms with E-state index in [1.807, 2.05) is 0 Å². The number of amides is 1. The number of hydrogen-bond donors (Lipinski definition) is 1. The highest BCUT2D eigenvalue weighted by molar-refractivity contribution is 6.51. The number of halogens is 1. The van der Waals surface area contributed by atoms with Gasteiger partial charge in [-0.15, -0.1) is 0 Å². The Morgan fingerprint density at radius 1 is 0.967 bits per heavy atom. The van der Waals surface area contributed by atoms with Crippen LogP contribution in [0.15, 0.2) is 84.4 Å². The summed E-state index contributed by atoms with van der Waals surface area (Å²) in [6.45, 7) is 0. The molecule has 0 aromatic heterocycles. The fraction of sp³-hybridized carbons (Fsp3) is 0.0833. The highest BCUT2D eigenvalue weighted by Gasteiger charge is 2.47. The molecule has 1 N–H and O–H groups in total. The lowest BCUT2D eigenvalue weighted by molar-refractivity contribution is -0.132. The molecule has 1 fully saturated rings. The van der Waals surface area contributed by atoms with Gasteiger partial charge >= 0.3 is 0 Å². The molecule has 3 aromatic carbocycles. The van der Waals surface area contributed by atoms with Crippen molar-refractivity contribution in [2.75, 3.05) is 12.0 Å². The summed E-state index contributed by atoms with van der Waals surface area (Å²) in [6.07, 6.45) is 0. The average molecular weight is 403 g/mol. The first-order chi connectivity index (χ1) is 14.5. The average Bonchev–Trinajstić information content (AvgIpc) is 3.04. The zero-order chi connectivity index (χ0) is 21.3. The number of ether oxygens (including phenoxy) is 1. The Morgan fingerprint density at radius 3 is 2.40 bits per heavy atom. The molecular weight excluding hydrogens is 385 g/mol. The number of rotatable bonds is 4. The summed E-state index contributed by atoms with van der Waals surface area (Å²) < 4.78 is 19.2. The third kappa shape index (κ3) is 3.33. The fourth-order valence-corrected chi connectivity index (χ4v) is 3.60. The normalized spacial score (nSPS) is 17.9. The molecule has 1 atom stereocenters. The molecule has 0 aliphatic carbocycles. The molecule has 150 valence electrons. The quantitative estimate of drug-likeness (QED) is 0.397. The standard InChI is InChI=1S/C24H18FNO4/c1-30-19-12-5-9-16(13-19)21-20(22(27)15-7-3-2-4-8-15)23(28)24(29)26(21)18-11-6-10-17(25)14-18/h2-14,21,27H,1H3/b22-20+. The summed E-state index contributed by atoms with van der Waals surface area (Å²) in [4.78, 5) is 27.2. The number of anilines is 1. The molecule has 0 spiro atoms. The summed E-state index contributed by atoms with van der Waals surface area (Å²) >= 11 is 0. The monoisotopic (exact) mass is 403 g/mol. The molecule has 1 amide bonds. The number of benzene rings is 3. The smallest absolute Gasteiger partial charge is 0.300 e. The Labute approximate surface area is 172 Å². The molecule has 1 heterocycles. The van der Waals surface area contributed by atoms with E-state index in [0.717, 1.165) is 0 Å². The predicted octanol–water partition coefficient (Wildman–Crippen LogP) is 4.46. The summed E-state index contributed by atoms with van der Waals surface area (Å²) in [5.74, 6) is -1.99.